The van der Waals surface area contributed by atoms with Crippen molar-refractivity contribution in [3.8, 4) is 0 Å². The van der Waals surface area contributed by atoms with E-state index < -0.39 is 41.3 Å². The maximum Gasteiger partial charge on any atom is 0.237 e. The standard InChI is InChI=1S/C17H31ClN2O5S.ClH.2H2O/c1-4-9-5-6-19-10(7-9)16(24)20-11(8(2)18)15-13(22)12(21)14(23)17(25-15)26-3;;;/h8-15,17,19,21-23H,4-7H2,1-3H3,(H,20,24);1H;2*1H2/t8-,9+,10-,11+,12-,13+,14+,15+,17+;;;/m0.../s1. The Hall–Kier alpha value is 0.120. The smallest absolute Gasteiger partial charge is 0.237 e. The van der Waals surface area contributed by atoms with Crippen molar-refractivity contribution < 1.29 is 35.8 Å². The lowest BCUT2D eigenvalue weighted by Crippen LogP contribution is -2.65. The van der Waals surface area contributed by atoms with E-state index >= 15 is 0 Å². The van der Waals surface area contributed by atoms with Crippen LogP contribution in [0.4, 0.5) is 0 Å². The monoisotopic (exact) mass is 482 g/mol. The van der Waals surface area contributed by atoms with Gasteiger partial charge in [-0.2, -0.15) is 0 Å². The SMILES string of the molecule is CC[C@@H]1CCN[C@H](C(=O)N[C@@H]([C@H]2O[C@H](SC)[C@H](O)[C@@H](O)[C@H]2O)[C@H](C)Cl)C1.Cl.O.O. The van der Waals surface area contributed by atoms with Gasteiger partial charge in [0.1, 0.15) is 29.9 Å². The molecule has 0 aliphatic carbocycles. The van der Waals surface area contributed by atoms with Gasteiger partial charge in [-0.1, -0.05) is 13.3 Å². The molecule has 9 N–H and O–H groups in total. The molecule has 2 fully saturated rings. The highest BCUT2D eigenvalue weighted by atomic mass is 35.5. The Labute approximate surface area is 187 Å². The van der Waals surface area contributed by atoms with Crippen molar-refractivity contribution in [2.24, 2.45) is 5.92 Å². The molecule has 2 aliphatic rings. The summed E-state index contributed by atoms with van der Waals surface area (Å²) in [5, 5.41) is 36.1. The number of carbonyl (C=O) groups is 1. The molecular formula is C17H36Cl2N2O7S. The van der Waals surface area contributed by atoms with E-state index in [1.54, 1.807) is 13.2 Å². The maximum absolute atomic E-state index is 12.7. The Balaban J connectivity index is 0. The Morgan fingerprint density at radius 3 is 2.41 bits per heavy atom. The first-order chi connectivity index (χ1) is 12.3. The second kappa shape index (κ2) is 14.2. The topological polar surface area (TPSA) is 174 Å². The molecule has 0 aromatic carbocycles. The van der Waals surface area contributed by atoms with Crippen LogP contribution in [-0.4, -0.2) is 92.3 Å². The Morgan fingerprint density at radius 1 is 1.28 bits per heavy atom. The second-order valence-electron chi connectivity index (χ2n) is 7.19. The van der Waals surface area contributed by atoms with Gasteiger partial charge in [0.15, 0.2) is 0 Å². The number of amides is 1. The van der Waals surface area contributed by atoms with Crippen molar-refractivity contribution in [1.82, 2.24) is 10.6 Å². The Kier molecular flexibility index (Phi) is 15.4. The molecule has 1 amide bonds. The van der Waals surface area contributed by atoms with Crippen LogP contribution >= 0.6 is 35.8 Å². The molecule has 0 spiro atoms. The molecule has 0 aromatic rings. The van der Waals surface area contributed by atoms with E-state index in [9.17, 15) is 20.1 Å². The van der Waals surface area contributed by atoms with Gasteiger partial charge in [-0.3, -0.25) is 4.79 Å². The van der Waals surface area contributed by atoms with Gasteiger partial charge in [-0.15, -0.1) is 35.8 Å². The summed E-state index contributed by atoms with van der Waals surface area (Å²) in [6.45, 7) is 4.62. The van der Waals surface area contributed by atoms with E-state index in [-0.39, 0.29) is 35.3 Å². The highest BCUT2D eigenvalue weighted by Gasteiger charge is 2.48. The number of carbonyl (C=O) groups excluding carboxylic acids is 1. The van der Waals surface area contributed by atoms with Crippen molar-refractivity contribution in [3.63, 3.8) is 0 Å². The first-order valence-corrected chi connectivity index (χ1v) is 10.9. The van der Waals surface area contributed by atoms with E-state index in [0.717, 1.165) is 25.8 Å². The van der Waals surface area contributed by atoms with Crippen LogP contribution in [0.15, 0.2) is 0 Å². The summed E-state index contributed by atoms with van der Waals surface area (Å²) in [6.07, 6.45) is -0.236. The van der Waals surface area contributed by atoms with Crippen molar-refractivity contribution in [1.29, 1.82) is 0 Å². The number of piperidine rings is 1. The number of aliphatic hydroxyl groups is 3. The quantitative estimate of drug-likeness (QED) is 0.296. The van der Waals surface area contributed by atoms with E-state index in [2.05, 4.69) is 17.6 Å². The lowest BCUT2D eigenvalue weighted by Gasteiger charge is -2.44. The lowest BCUT2D eigenvalue weighted by atomic mass is 9.89. The third-order valence-corrected chi connectivity index (χ3v) is 6.53. The van der Waals surface area contributed by atoms with Crippen LogP contribution in [0, 0.1) is 5.92 Å². The molecule has 2 aliphatic heterocycles. The van der Waals surface area contributed by atoms with Crippen LogP contribution in [0.1, 0.15) is 33.1 Å². The van der Waals surface area contributed by atoms with Gasteiger partial charge in [-0.05, 0) is 38.5 Å². The van der Waals surface area contributed by atoms with Gasteiger partial charge in [0.05, 0.1) is 17.5 Å². The first-order valence-electron chi connectivity index (χ1n) is 9.20. The van der Waals surface area contributed by atoms with Crippen LogP contribution < -0.4 is 10.6 Å². The van der Waals surface area contributed by atoms with Crippen molar-refractivity contribution >= 4 is 41.7 Å². The summed E-state index contributed by atoms with van der Waals surface area (Å²) in [7, 11) is 0. The fraction of sp³-hybridized carbons (Fsp3) is 0.941. The summed E-state index contributed by atoms with van der Waals surface area (Å²) in [4.78, 5) is 12.7. The minimum atomic E-state index is -1.36. The number of aliphatic hydroxyl groups excluding tert-OH is 3. The number of ether oxygens (including phenoxy) is 1. The fourth-order valence-corrected chi connectivity index (χ4v) is 4.54. The molecular weight excluding hydrogens is 447 g/mol. The fourth-order valence-electron chi connectivity index (χ4n) is 3.66. The summed E-state index contributed by atoms with van der Waals surface area (Å²) in [6, 6.07) is -1.00. The molecule has 0 saturated carbocycles. The molecule has 0 aromatic heterocycles. The molecule has 29 heavy (non-hydrogen) atoms. The maximum atomic E-state index is 12.7. The van der Waals surface area contributed by atoms with Crippen LogP contribution in [0.5, 0.6) is 0 Å². The van der Waals surface area contributed by atoms with Gasteiger partial charge < -0.3 is 41.6 Å². The molecule has 2 heterocycles. The largest absolute Gasteiger partial charge is 0.412 e. The second-order valence-corrected chi connectivity index (χ2v) is 8.82. The predicted octanol–water partition coefficient (Wildman–Crippen LogP) is -1.18. The lowest BCUT2D eigenvalue weighted by molar-refractivity contribution is -0.205. The molecule has 0 unspecified atom stereocenters. The Bertz CT molecular complexity index is 479. The van der Waals surface area contributed by atoms with Gasteiger partial charge in [0.25, 0.3) is 0 Å². The van der Waals surface area contributed by atoms with Gasteiger partial charge >= 0.3 is 0 Å². The van der Waals surface area contributed by atoms with Gasteiger partial charge in [0, 0.05) is 0 Å². The molecule has 9 nitrogen and oxygen atoms in total. The van der Waals surface area contributed by atoms with Gasteiger partial charge in [-0.25, -0.2) is 0 Å². The number of alkyl halides is 1. The zero-order chi connectivity index (χ0) is 19.4. The number of hydrogen-bond donors (Lipinski definition) is 5. The van der Waals surface area contributed by atoms with Crippen LogP contribution in [-0.2, 0) is 9.53 Å². The van der Waals surface area contributed by atoms with Crippen LogP contribution in [0.2, 0.25) is 0 Å². The zero-order valence-corrected chi connectivity index (χ0v) is 19.3. The number of hydrogen-bond acceptors (Lipinski definition) is 7. The molecule has 176 valence electrons. The molecule has 2 rings (SSSR count). The summed E-state index contributed by atoms with van der Waals surface area (Å²) < 4.78 is 5.77. The third kappa shape index (κ3) is 7.64. The van der Waals surface area contributed by atoms with Gasteiger partial charge in [0.2, 0.25) is 5.91 Å². The van der Waals surface area contributed by atoms with Crippen LogP contribution in [0.3, 0.4) is 0 Å². The predicted molar refractivity (Wildman–Crippen MR) is 117 cm³/mol. The number of halogens is 2. The summed E-state index contributed by atoms with van der Waals surface area (Å²) >= 11 is 7.51. The summed E-state index contributed by atoms with van der Waals surface area (Å²) in [5.41, 5.74) is -0.703. The zero-order valence-electron chi connectivity index (χ0n) is 16.9. The molecule has 9 atom stereocenters. The minimum Gasteiger partial charge on any atom is -0.412 e. The average Bonchev–Trinajstić information content (AvgIpc) is 2.64. The van der Waals surface area contributed by atoms with Crippen molar-refractivity contribution in [3.05, 3.63) is 0 Å². The van der Waals surface area contributed by atoms with Crippen molar-refractivity contribution in [2.75, 3.05) is 12.8 Å². The number of rotatable bonds is 6. The number of thioether (sulfide) groups is 1. The van der Waals surface area contributed by atoms with E-state index in [1.807, 2.05) is 0 Å². The Morgan fingerprint density at radius 2 is 1.90 bits per heavy atom. The highest BCUT2D eigenvalue weighted by Crippen LogP contribution is 2.30. The summed E-state index contributed by atoms with van der Waals surface area (Å²) in [5.74, 6) is 0.325. The molecule has 12 heteroatoms. The minimum absolute atomic E-state index is 0. The van der Waals surface area contributed by atoms with Crippen LogP contribution in [0.25, 0.3) is 0 Å². The highest BCUT2D eigenvalue weighted by molar-refractivity contribution is 7.99. The average molecular weight is 483 g/mol. The molecule has 0 bridgehead atoms. The van der Waals surface area contributed by atoms with Crippen molar-refractivity contribution in [2.45, 2.75) is 80.4 Å². The first kappa shape index (κ1) is 31.3. The van der Waals surface area contributed by atoms with E-state index in [0.29, 0.717) is 5.92 Å². The molecule has 2 saturated heterocycles. The molecule has 0 radical (unpaired) electrons. The third-order valence-electron chi connectivity index (χ3n) is 5.40. The van der Waals surface area contributed by atoms with E-state index in [1.165, 1.54) is 11.8 Å². The normalized spacial score (nSPS) is 36.4. The van der Waals surface area contributed by atoms with E-state index in [4.69, 9.17) is 16.3 Å². The number of nitrogens with one attached hydrogen (secondary N) is 2.